The molecule has 0 saturated carbocycles. The smallest absolute Gasteiger partial charge is 0.349 e. The number of anilines is 1. The quantitative estimate of drug-likeness (QED) is 0.106. The monoisotopic (exact) mass is 540 g/mol. The lowest BCUT2D eigenvalue weighted by Gasteiger charge is -2.22. The number of hydrogen-bond donors (Lipinski definition) is 7. The van der Waals surface area contributed by atoms with Gasteiger partial charge in [0.25, 0.3) is 5.91 Å². The van der Waals surface area contributed by atoms with Crippen LogP contribution in [0.4, 0.5) is 5.69 Å². The number of fused-ring (bicyclic) bond motifs is 1. The van der Waals surface area contributed by atoms with Crippen LogP contribution < -0.4 is 27.0 Å². The number of hydroxylamine groups is 1. The van der Waals surface area contributed by atoms with Gasteiger partial charge < -0.3 is 25.5 Å². The second kappa shape index (κ2) is 12.1. The number of rotatable bonds is 9. The number of nitrogens with one attached hydrogen (secondary N) is 3. The molecule has 2 atom stereocenters. The predicted octanol–water partition coefficient (Wildman–Crippen LogP) is 1.30. The van der Waals surface area contributed by atoms with E-state index in [2.05, 4.69) is 26.1 Å². The number of aliphatic imine (C=N–C) groups is 1. The zero-order chi connectivity index (χ0) is 26.4. The maximum Gasteiger partial charge on any atom is 0.349 e. The Hall–Kier alpha value is -3.29. The van der Waals surface area contributed by atoms with Gasteiger partial charge in [-0.1, -0.05) is 35.3 Å². The number of guanidine groups is 1. The number of aliphatic hydroxyl groups is 1. The van der Waals surface area contributed by atoms with E-state index < -0.39 is 24.1 Å². The van der Waals surface area contributed by atoms with Crippen molar-refractivity contribution in [3.05, 3.63) is 57.1 Å². The van der Waals surface area contributed by atoms with Crippen LogP contribution >= 0.6 is 23.2 Å². The minimum absolute atomic E-state index is 0.0250. The Kier molecular flexibility index (Phi) is 9.18. The van der Waals surface area contributed by atoms with Gasteiger partial charge in [-0.25, -0.2) is 21.1 Å². The second-order valence-corrected chi connectivity index (χ2v) is 8.61. The van der Waals surface area contributed by atoms with E-state index in [1.54, 1.807) is 18.2 Å². The Balaban J connectivity index is 1.77. The molecule has 14 heteroatoms. The molecule has 8 N–H and O–H groups in total. The van der Waals surface area contributed by atoms with Crippen LogP contribution in [0.1, 0.15) is 34.0 Å². The predicted molar refractivity (Wildman–Crippen MR) is 134 cm³/mol. The van der Waals surface area contributed by atoms with E-state index >= 15 is 0 Å². The third-order valence-electron chi connectivity index (χ3n) is 5.52. The van der Waals surface area contributed by atoms with Gasteiger partial charge >= 0.3 is 5.97 Å². The van der Waals surface area contributed by atoms with Crippen molar-refractivity contribution in [3.63, 3.8) is 0 Å². The fourth-order valence-corrected chi connectivity index (χ4v) is 4.53. The highest BCUT2D eigenvalue weighted by Gasteiger charge is 2.30. The molecule has 0 aliphatic carbocycles. The zero-order valence-electron chi connectivity index (χ0n) is 19.2. The average molecular weight is 541 g/mol. The molecule has 1 amide bonds. The third kappa shape index (κ3) is 6.28. The number of benzene rings is 2. The van der Waals surface area contributed by atoms with E-state index in [0.29, 0.717) is 37.1 Å². The number of aliphatic carboxylic acids is 1. The molecule has 3 rings (SSSR count). The molecule has 0 bridgehead atoms. The van der Waals surface area contributed by atoms with E-state index in [4.69, 9.17) is 29.0 Å². The molecular weight excluding hydrogens is 515 g/mol. The maximum absolute atomic E-state index is 12.9. The molecule has 0 fully saturated rings. The summed E-state index contributed by atoms with van der Waals surface area (Å²) < 4.78 is 0. The van der Waals surface area contributed by atoms with E-state index in [9.17, 15) is 24.9 Å². The average Bonchev–Trinajstić information content (AvgIpc) is 3.24. The highest BCUT2D eigenvalue weighted by Crippen LogP contribution is 2.40. The molecule has 2 unspecified atom stereocenters. The molecule has 0 aromatic heterocycles. The summed E-state index contributed by atoms with van der Waals surface area (Å²) in [7, 11) is 1.27. The number of phenols is 1. The number of carbonyl (C=O) groups excluding carboxylic acids is 1. The number of hydrogen-bond acceptors (Lipinski definition) is 8. The normalized spacial score (nSPS) is 14.7. The number of hydrazine groups is 1. The Morgan fingerprint density at radius 3 is 2.69 bits per heavy atom. The molecule has 1 aliphatic rings. The van der Waals surface area contributed by atoms with Crippen LogP contribution in [0, 0.1) is 0 Å². The van der Waals surface area contributed by atoms with Crippen molar-refractivity contribution in [2.45, 2.75) is 25.1 Å². The molecule has 1 heterocycles. The van der Waals surface area contributed by atoms with Crippen molar-refractivity contribution in [3.8, 4) is 5.75 Å². The fraction of sp³-hybridized carbons (Fsp3) is 0.318. The Morgan fingerprint density at radius 1 is 1.31 bits per heavy atom. The van der Waals surface area contributed by atoms with Gasteiger partial charge in [0, 0.05) is 18.8 Å². The number of phenolic OH excluding ortho intramolecular Hbond substituents is 1. The molecule has 12 nitrogen and oxygen atoms in total. The molecule has 2 aromatic rings. The number of carboxylic acid groups (broad SMARTS) is 1. The SMILES string of the molecule is CONC(=NC(NC(=O)c1c(Cl)cc2c(c1Cl)CCN2CCC(O)c1cccc(O)c1)C(=O)O)NN. The fourth-order valence-electron chi connectivity index (χ4n) is 3.82. The summed E-state index contributed by atoms with van der Waals surface area (Å²) in [6, 6.07) is 8.01. The van der Waals surface area contributed by atoms with Crippen LogP contribution in [-0.4, -0.2) is 59.5 Å². The second-order valence-electron chi connectivity index (χ2n) is 7.82. The van der Waals surface area contributed by atoms with Crippen molar-refractivity contribution in [1.29, 1.82) is 0 Å². The van der Waals surface area contributed by atoms with Gasteiger partial charge in [-0.2, -0.15) is 0 Å². The molecule has 194 valence electrons. The van der Waals surface area contributed by atoms with E-state index in [-0.39, 0.29) is 27.3 Å². The van der Waals surface area contributed by atoms with Crippen molar-refractivity contribution in [1.82, 2.24) is 16.2 Å². The Labute approximate surface area is 216 Å². The topological polar surface area (TPSA) is 182 Å². The summed E-state index contributed by atoms with van der Waals surface area (Å²) in [4.78, 5) is 34.9. The van der Waals surface area contributed by atoms with Gasteiger partial charge in [-0.3, -0.25) is 15.1 Å². The molecular formula is C22H26Cl2N6O6. The van der Waals surface area contributed by atoms with Crippen LogP contribution in [0.3, 0.4) is 0 Å². The largest absolute Gasteiger partial charge is 0.508 e. The first kappa shape index (κ1) is 27.3. The Bertz CT molecular complexity index is 1160. The summed E-state index contributed by atoms with van der Waals surface area (Å²) in [5.74, 6) is 2.79. The van der Waals surface area contributed by atoms with Gasteiger partial charge in [0.15, 0.2) is 0 Å². The van der Waals surface area contributed by atoms with E-state index in [1.165, 1.54) is 19.2 Å². The van der Waals surface area contributed by atoms with Crippen molar-refractivity contribution < 1.29 is 29.7 Å². The number of amides is 1. The van der Waals surface area contributed by atoms with E-state index in [1.807, 2.05) is 4.90 Å². The summed E-state index contributed by atoms with van der Waals surface area (Å²) in [6.07, 6.45) is -1.60. The lowest BCUT2D eigenvalue weighted by molar-refractivity contribution is -0.139. The summed E-state index contributed by atoms with van der Waals surface area (Å²) in [5.41, 5.74) is 6.26. The third-order valence-corrected chi connectivity index (χ3v) is 6.23. The van der Waals surface area contributed by atoms with Crippen LogP contribution in [0.25, 0.3) is 0 Å². The van der Waals surface area contributed by atoms with Crippen molar-refractivity contribution in [2.24, 2.45) is 10.8 Å². The van der Waals surface area contributed by atoms with Crippen LogP contribution in [-0.2, 0) is 16.1 Å². The molecule has 1 aliphatic heterocycles. The molecule has 0 radical (unpaired) electrons. The first-order valence-corrected chi connectivity index (χ1v) is 11.5. The van der Waals surface area contributed by atoms with Crippen LogP contribution in [0.5, 0.6) is 5.75 Å². The van der Waals surface area contributed by atoms with Gasteiger partial charge in [0.05, 0.1) is 28.8 Å². The maximum atomic E-state index is 12.9. The summed E-state index contributed by atoms with van der Waals surface area (Å²) in [6.45, 7) is 1.05. The number of halogens is 2. The number of carbonyl (C=O) groups is 2. The number of nitrogens with two attached hydrogens (primary N) is 1. The number of aliphatic hydroxyl groups excluding tert-OH is 1. The van der Waals surface area contributed by atoms with Gasteiger partial charge in [-0.05, 0) is 42.2 Å². The number of aromatic hydroxyl groups is 1. The molecule has 0 spiro atoms. The van der Waals surface area contributed by atoms with Crippen molar-refractivity contribution in [2.75, 3.05) is 25.1 Å². The van der Waals surface area contributed by atoms with Gasteiger partial charge in [-0.15, -0.1) is 0 Å². The minimum Gasteiger partial charge on any atom is -0.508 e. The van der Waals surface area contributed by atoms with Crippen molar-refractivity contribution >= 4 is 46.7 Å². The lowest BCUT2D eigenvalue weighted by atomic mass is 10.1. The molecule has 2 aromatic carbocycles. The van der Waals surface area contributed by atoms with Crippen LogP contribution in [0.2, 0.25) is 10.0 Å². The summed E-state index contributed by atoms with van der Waals surface area (Å²) in [5, 5.41) is 31.9. The summed E-state index contributed by atoms with van der Waals surface area (Å²) >= 11 is 12.9. The first-order valence-electron chi connectivity index (χ1n) is 10.8. The minimum atomic E-state index is -1.72. The number of nitrogens with zero attached hydrogens (tertiary/aromatic N) is 2. The molecule has 36 heavy (non-hydrogen) atoms. The molecule has 0 saturated heterocycles. The Morgan fingerprint density at radius 2 is 2.06 bits per heavy atom. The zero-order valence-corrected chi connectivity index (χ0v) is 20.7. The van der Waals surface area contributed by atoms with Gasteiger partial charge in [0.2, 0.25) is 12.1 Å². The van der Waals surface area contributed by atoms with Gasteiger partial charge in [0.1, 0.15) is 5.75 Å². The van der Waals surface area contributed by atoms with E-state index in [0.717, 1.165) is 5.69 Å². The highest BCUT2D eigenvalue weighted by atomic mass is 35.5. The standard InChI is InChI=1S/C22H26Cl2N6O6/c1-36-29-22(28-25)27-19(21(34)35)26-20(33)17-14(23)10-15-13(18(17)24)5-7-30(15)8-6-16(32)11-3-2-4-12(31)9-11/h2-4,9-10,16,19,31-32H,5-8,25H2,1H3,(H,26,33)(H,34,35)(H2,27,28,29). The highest BCUT2D eigenvalue weighted by molar-refractivity contribution is 6.40. The number of carboxylic acids is 1. The lowest BCUT2D eigenvalue weighted by Crippen LogP contribution is -2.46. The van der Waals surface area contributed by atoms with Crippen LogP contribution in [0.15, 0.2) is 35.3 Å². The first-order chi connectivity index (χ1) is 17.2.